The molecule has 3 rings (SSSR count). The fourth-order valence-electron chi connectivity index (χ4n) is 3.05. The van der Waals surface area contributed by atoms with Crippen LogP contribution < -0.4 is 15.4 Å². The molecule has 1 aliphatic heterocycles. The van der Waals surface area contributed by atoms with Crippen LogP contribution in [0, 0.1) is 18.7 Å². The highest BCUT2D eigenvalue weighted by Crippen LogP contribution is 2.22. The van der Waals surface area contributed by atoms with Crippen molar-refractivity contribution in [3.8, 4) is 5.75 Å². The maximum absolute atomic E-state index is 13.0. The molecule has 29 heavy (non-hydrogen) atoms. The van der Waals surface area contributed by atoms with E-state index in [1.54, 1.807) is 19.2 Å². The van der Waals surface area contributed by atoms with Crippen LogP contribution in [0.15, 0.2) is 47.5 Å². The van der Waals surface area contributed by atoms with Gasteiger partial charge in [-0.25, -0.2) is 4.39 Å². The number of guanidine groups is 1. The van der Waals surface area contributed by atoms with E-state index in [0.29, 0.717) is 31.6 Å². The van der Waals surface area contributed by atoms with Crippen LogP contribution in [-0.4, -0.2) is 32.8 Å². The predicted molar refractivity (Wildman–Crippen MR) is 124 cm³/mol. The third kappa shape index (κ3) is 7.47. The minimum Gasteiger partial charge on any atom is -0.493 e. The van der Waals surface area contributed by atoms with Crippen molar-refractivity contribution in [3.63, 3.8) is 0 Å². The van der Waals surface area contributed by atoms with Crippen LogP contribution in [0.3, 0.4) is 0 Å². The number of aryl methyl sites for hydroxylation is 1. The zero-order chi connectivity index (χ0) is 19.8. The van der Waals surface area contributed by atoms with Crippen molar-refractivity contribution in [1.82, 2.24) is 10.6 Å². The number of benzene rings is 2. The zero-order valence-electron chi connectivity index (χ0n) is 16.9. The third-order valence-electron chi connectivity index (χ3n) is 4.76. The lowest BCUT2D eigenvalue weighted by molar-refractivity contribution is 0.166. The van der Waals surface area contributed by atoms with Crippen molar-refractivity contribution in [3.05, 3.63) is 65.0 Å². The number of rotatable bonds is 7. The van der Waals surface area contributed by atoms with Crippen molar-refractivity contribution in [1.29, 1.82) is 0 Å². The Morgan fingerprint density at radius 2 is 1.93 bits per heavy atom. The number of aliphatic imine (C=N–C) groups is 1. The average molecular weight is 513 g/mol. The Labute approximate surface area is 189 Å². The largest absolute Gasteiger partial charge is 0.493 e. The van der Waals surface area contributed by atoms with Gasteiger partial charge in [-0.05, 0) is 42.7 Å². The minimum atomic E-state index is -0.234. The van der Waals surface area contributed by atoms with Crippen LogP contribution in [0.1, 0.15) is 23.1 Å². The van der Waals surface area contributed by atoms with Crippen molar-refractivity contribution < 1.29 is 13.9 Å². The molecule has 1 saturated heterocycles. The van der Waals surface area contributed by atoms with E-state index in [1.165, 1.54) is 17.7 Å². The van der Waals surface area contributed by atoms with Gasteiger partial charge in [0.15, 0.2) is 5.96 Å². The van der Waals surface area contributed by atoms with Crippen LogP contribution in [0.5, 0.6) is 5.75 Å². The lowest BCUT2D eigenvalue weighted by Gasteiger charge is -2.17. The van der Waals surface area contributed by atoms with Crippen LogP contribution in [0.25, 0.3) is 0 Å². The van der Waals surface area contributed by atoms with E-state index in [2.05, 4.69) is 40.7 Å². The number of hydrogen-bond acceptors (Lipinski definition) is 3. The lowest BCUT2D eigenvalue weighted by Crippen LogP contribution is -2.36. The Balaban J connectivity index is 0.00000300. The molecule has 158 valence electrons. The molecule has 0 aliphatic carbocycles. The van der Waals surface area contributed by atoms with Gasteiger partial charge in [-0.3, -0.25) is 4.99 Å². The van der Waals surface area contributed by atoms with E-state index < -0.39 is 0 Å². The van der Waals surface area contributed by atoms with Gasteiger partial charge in [0.2, 0.25) is 0 Å². The summed E-state index contributed by atoms with van der Waals surface area (Å²) in [6.07, 6.45) is 1.05. The van der Waals surface area contributed by atoms with Crippen LogP contribution in [0.4, 0.5) is 4.39 Å². The van der Waals surface area contributed by atoms with E-state index >= 15 is 0 Å². The highest BCUT2D eigenvalue weighted by Gasteiger charge is 2.17. The fraction of sp³-hybridized carbons (Fsp3) is 0.409. The summed E-state index contributed by atoms with van der Waals surface area (Å²) in [6, 6.07) is 12.7. The number of halogens is 2. The highest BCUT2D eigenvalue weighted by atomic mass is 127. The Kier molecular flexibility index (Phi) is 9.66. The molecule has 1 heterocycles. The first-order valence-corrected chi connectivity index (χ1v) is 9.63. The number of hydrogen-bond donors (Lipinski definition) is 2. The highest BCUT2D eigenvalue weighted by molar-refractivity contribution is 14.0. The first kappa shape index (κ1) is 23.4. The Morgan fingerprint density at radius 1 is 1.17 bits per heavy atom. The van der Waals surface area contributed by atoms with Gasteiger partial charge in [0.05, 0.1) is 13.2 Å². The summed E-state index contributed by atoms with van der Waals surface area (Å²) >= 11 is 0. The number of nitrogens with one attached hydrogen (secondary N) is 2. The van der Waals surface area contributed by atoms with Gasteiger partial charge in [0.25, 0.3) is 0 Å². The second-order valence-corrected chi connectivity index (χ2v) is 7.06. The Hall–Kier alpha value is -1.87. The molecule has 7 heteroatoms. The van der Waals surface area contributed by atoms with Crippen molar-refractivity contribution in [2.75, 3.05) is 26.9 Å². The van der Waals surface area contributed by atoms with E-state index in [-0.39, 0.29) is 29.8 Å². The fourth-order valence-corrected chi connectivity index (χ4v) is 3.05. The molecule has 1 fully saturated rings. The molecule has 0 bridgehead atoms. The molecule has 0 radical (unpaired) electrons. The van der Waals surface area contributed by atoms with Gasteiger partial charge in [-0.1, -0.05) is 24.3 Å². The third-order valence-corrected chi connectivity index (χ3v) is 4.76. The summed E-state index contributed by atoms with van der Waals surface area (Å²) in [6.45, 7) is 5.50. The summed E-state index contributed by atoms with van der Waals surface area (Å²) in [5, 5.41) is 6.56. The topological polar surface area (TPSA) is 54.9 Å². The van der Waals surface area contributed by atoms with Gasteiger partial charge < -0.3 is 20.1 Å². The lowest BCUT2D eigenvalue weighted by atomic mass is 10.1. The van der Waals surface area contributed by atoms with E-state index in [1.807, 2.05) is 0 Å². The van der Waals surface area contributed by atoms with E-state index in [0.717, 1.165) is 36.5 Å². The van der Waals surface area contributed by atoms with Crippen LogP contribution >= 0.6 is 24.0 Å². The van der Waals surface area contributed by atoms with Gasteiger partial charge in [-0.2, -0.15) is 0 Å². The molecule has 0 aromatic heterocycles. The van der Waals surface area contributed by atoms with Crippen molar-refractivity contribution in [2.45, 2.75) is 26.4 Å². The first-order valence-electron chi connectivity index (χ1n) is 9.63. The zero-order valence-corrected chi connectivity index (χ0v) is 19.2. The molecule has 2 aromatic rings. The van der Waals surface area contributed by atoms with E-state index in [4.69, 9.17) is 9.47 Å². The first-order chi connectivity index (χ1) is 13.6. The monoisotopic (exact) mass is 513 g/mol. The normalized spacial score (nSPS) is 16.2. The molecule has 5 nitrogen and oxygen atoms in total. The number of ether oxygens (including phenoxy) is 2. The van der Waals surface area contributed by atoms with E-state index in [9.17, 15) is 4.39 Å². The molecule has 0 saturated carbocycles. The molecule has 1 unspecified atom stereocenters. The Morgan fingerprint density at radius 3 is 2.62 bits per heavy atom. The molecular weight excluding hydrogens is 484 g/mol. The summed E-state index contributed by atoms with van der Waals surface area (Å²) in [5.41, 5.74) is 3.23. The average Bonchev–Trinajstić information content (AvgIpc) is 3.22. The van der Waals surface area contributed by atoms with Gasteiger partial charge in [0.1, 0.15) is 11.6 Å². The van der Waals surface area contributed by atoms with Gasteiger partial charge in [0, 0.05) is 38.2 Å². The SMILES string of the molecule is CN=C(NCc1ccc(F)cc1)NCc1ccc(C)cc1OCC1CCOC1.I. The molecule has 2 N–H and O–H groups in total. The summed E-state index contributed by atoms with van der Waals surface area (Å²) in [7, 11) is 1.73. The second-order valence-electron chi connectivity index (χ2n) is 7.06. The number of nitrogens with zero attached hydrogens (tertiary/aromatic N) is 1. The van der Waals surface area contributed by atoms with Crippen molar-refractivity contribution in [2.24, 2.45) is 10.9 Å². The second kappa shape index (κ2) is 12.0. The molecule has 0 amide bonds. The summed E-state index contributed by atoms with van der Waals surface area (Å²) < 4.78 is 24.5. The molecule has 1 atom stereocenters. The minimum absolute atomic E-state index is 0. The smallest absolute Gasteiger partial charge is 0.191 e. The van der Waals surface area contributed by atoms with Crippen LogP contribution in [-0.2, 0) is 17.8 Å². The molecule has 0 spiro atoms. The van der Waals surface area contributed by atoms with Crippen molar-refractivity contribution >= 4 is 29.9 Å². The summed E-state index contributed by atoms with van der Waals surface area (Å²) in [4.78, 5) is 4.25. The molecule has 2 aromatic carbocycles. The van der Waals surface area contributed by atoms with Crippen LogP contribution in [0.2, 0.25) is 0 Å². The Bertz CT molecular complexity index is 793. The predicted octanol–water partition coefficient (Wildman–Crippen LogP) is 4.03. The maximum atomic E-state index is 13.0. The van der Waals surface area contributed by atoms with Gasteiger partial charge >= 0.3 is 0 Å². The molecule has 1 aliphatic rings. The summed E-state index contributed by atoms with van der Waals surface area (Å²) in [5.74, 6) is 1.81. The standard InChI is InChI=1S/C22H28FN3O2.HI/c1-16-3-6-19(21(11-16)28-15-18-9-10-27-14-18)13-26-22(24-2)25-12-17-4-7-20(23)8-5-17;/h3-8,11,18H,9-10,12-15H2,1-2H3,(H2,24,25,26);1H. The van der Waals surface area contributed by atoms with Gasteiger partial charge in [-0.15, -0.1) is 24.0 Å². The molecular formula is C22H29FIN3O2. The quantitative estimate of drug-likeness (QED) is 0.334. The maximum Gasteiger partial charge on any atom is 0.191 e.